The van der Waals surface area contributed by atoms with Gasteiger partial charge in [0.25, 0.3) is 0 Å². The molecular formula is C19H25N3. The first kappa shape index (κ1) is 14.0. The lowest BCUT2D eigenvalue weighted by atomic mass is 10.0. The largest absolute Gasteiger partial charge is 0.340 e. The molecule has 0 unspecified atom stereocenters. The van der Waals surface area contributed by atoms with Gasteiger partial charge in [0.05, 0.1) is 0 Å². The van der Waals surface area contributed by atoms with Crippen molar-refractivity contribution in [3.05, 3.63) is 46.7 Å². The maximum atomic E-state index is 3.41. The summed E-state index contributed by atoms with van der Waals surface area (Å²) in [6.07, 6.45) is 4.73. The molecule has 0 spiro atoms. The number of aryl methyl sites for hydroxylation is 1. The van der Waals surface area contributed by atoms with E-state index in [1.807, 2.05) is 0 Å². The lowest BCUT2D eigenvalue weighted by Gasteiger charge is -2.25. The Morgan fingerprint density at radius 2 is 2.14 bits per heavy atom. The van der Waals surface area contributed by atoms with Crippen LogP contribution >= 0.6 is 0 Å². The number of hydrogen-bond donors (Lipinski definition) is 1. The van der Waals surface area contributed by atoms with Crippen LogP contribution in [0.1, 0.15) is 23.2 Å². The first-order chi connectivity index (χ1) is 10.7. The molecule has 2 aliphatic heterocycles. The number of rotatable bonds is 2. The van der Waals surface area contributed by atoms with Crippen LogP contribution in [0.25, 0.3) is 10.9 Å². The van der Waals surface area contributed by atoms with Gasteiger partial charge in [-0.3, -0.25) is 0 Å². The van der Waals surface area contributed by atoms with E-state index in [4.69, 9.17) is 0 Å². The molecule has 0 saturated carbocycles. The molecule has 0 saturated heterocycles. The first-order valence-corrected chi connectivity index (χ1v) is 8.40. The Bertz CT molecular complexity index is 739. The van der Waals surface area contributed by atoms with Crippen molar-refractivity contribution in [3.8, 4) is 0 Å². The third kappa shape index (κ3) is 2.38. The smallest absolute Gasteiger partial charge is 0.0489 e. The fraction of sp³-hybridized carbons (Fsp3) is 0.474. The van der Waals surface area contributed by atoms with Crippen LogP contribution in [-0.2, 0) is 19.5 Å². The summed E-state index contributed by atoms with van der Waals surface area (Å²) in [4.78, 5) is 2.44. The molecule has 4 rings (SSSR count). The molecule has 0 atom stereocenters. The van der Waals surface area contributed by atoms with E-state index in [9.17, 15) is 0 Å². The van der Waals surface area contributed by atoms with Crippen LogP contribution in [0, 0.1) is 6.92 Å². The lowest BCUT2D eigenvalue weighted by molar-refractivity contribution is 0.309. The predicted octanol–water partition coefficient (Wildman–Crippen LogP) is 2.86. The molecule has 2 aromatic rings. The van der Waals surface area contributed by atoms with Crippen LogP contribution in [-0.4, -0.2) is 36.1 Å². The summed E-state index contributed by atoms with van der Waals surface area (Å²) < 4.78 is 2.59. The van der Waals surface area contributed by atoms with Gasteiger partial charge < -0.3 is 14.8 Å². The number of hydrogen-bond acceptors (Lipinski definition) is 2. The average Bonchev–Trinajstić information content (AvgIpc) is 2.81. The first-order valence-electron chi connectivity index (χ1n) is 8.40. The van der Waals surface area contributed by atoms with Crippen molar-refractivity contribution in [2.75, 3.05) is 26.7 Å². The third-order valence-electron chi connectivity index (χ3n) is 5.12. The fourth-order valence-corrected chi connectivity index (χ4v) is 3.90. The van der Waals surface area contributed by atoms with E-state index in [0.717, 1.165) is 26.2 Å². The van der Waals surface area contributed by atoms with Crippen LogP contribution in [0.3, 0.4) is 0 Å². The highest BCUT2D eigenvalue weighted by molar-refractivity contribution is 5.86. The third-order valence-corrected chi connectivity index (χ3v) is 5.12. The molecule has 116 valence electrons. The molecular weight excluding hydrogens is 270 g/mol. The molecule has 3 heteroatoms. The van der Waals surface area contributed by atoms with Gasteiger partial charge in [-0.25, -0.2) is 0 Å². The highest BCUT2D eigenvalue weighted by Gasteiger charge is 2.22. The highest BCUT2D eigenvalue weighted by Crippen LogP contribution is 2.32. The Morgan fingerprint density at radius 3 is 2.95 bits per heavy atom. The summed E-state index contributed by atoms with van der Waals surface area (Å²) in [6.45, 7) is 7.67. The topological polar surface area (TPSA) is 20.2 Å². The molecule has 22 heavy (non-hydrogen) atoms. The summed E-state index contributed by atoms with van der Waals surface area (Å²) in [5.41, 5.74) is 7.49. The second-order valence-corrected chi connectivity index (χ2v) is 6.84. The predicted molar refractivity (Wildman–Crippen MR) is 92.3 cm³/mol. The monoisotopic (exact) mass is 295 g/mol. The second-order valence-electron chi connectivity index (χ2n) is 6.84. The molecule has 1 aromatic heterocycles. The van der Waals surface area contributed by atoms with Crippen LogP contribution in [0.15, 0.2) is 29.8 Å². The van der Waals surface area contributed by atoms with Gasteiger partial charge in [-0.15, -0.1) is 0 Å². The molecule has 0 aliphatic carbocycles. The highest BCUT2D eigenvalue weighted by atomic mass is 15.1. The van der Waals surface area contributed by atoms with E-state index in [1.165, 1.54) is 35.9 Å². The van der Waals surface area contributed by atoms with Crippen molar-refractivity contribution in [2.24, 2.45) is 0 Å². The maximum Gasteiger partial charge on any atom is 0.0489 e. The molecule has 2 aliphatic rings. The standard InChI is InChI=1S/C19H25N3/c1-14-3-4-18-16(11-14)17-13-21(2)10-7-19(17)22(18)12-15-5-8-20-9-6-15/h3-5,11,20H,6-10,12-13H2,1-2H3. The molecule has 3 heterocycles. The zero-order valence-corrected chi connectivity index (χ0v) is 13.7. The molecule has 1 aromatic carbocycles. The van der Waals surface area contributed by atoms with Crippen molar-refractivity contribution < 1.29 is 0 Å². The van der Waals surface area contributed by atoms with Gasteiger partial charge in [0.2, 0.25) is 0 Å². The molecule has 1 N–H and O–H groups in total. The average molecular weight is 295 g/mol. The molecule has 0 radical (unpaired) electrons. The van der Waals surface area contributed by atoms with Crippen molar-refractivity contribution in [1.82, 2.24) is 14.8 Å². The van der Waals surface area contributed by atoms with Gasteiger partial charge in [0, 0.05) is 49.2 Å². The van der Waals surface area contributed by atoms with E-state index in [2.05, 4.69) is 53.0 Å². The molecule has 0 bridgehead atoms. The minimum absolute atomic E-state index is 1.03. The van der Waals surface area contributed by atoms with Crippen LogP contribution in [0.4, 0.5) is 0 Å². The zero-order valence-electron chi connectivity index (χ0n) is 13.7. The number of nitrogens with zero attached hydrogens (tertiary/aromatic N) is 2. The van der Waals surface area contributed by atoms with Crippen molar-refractivity contribution >= 4 is 10.9 Å². The van der Waals surface area contributed by atoms with Crippen LogP contribution in [0.2, 0.25) is 0 Å². The van der Waals surface area contributed by atoms with Crippen molar-refractivity contribution in [2.45, 2.75) is 32.9 Å². The van der Waals surface area contributed by atoms with E-state index < -0.39 is 0 Å². The second kappa shape index (κ2) is 5.56. The number of aromatic nitrogens is 1. The maximum absolute atomic E-state index is 3.41. The minimum Gasteiger partial charge on any atom is -0.340 e. The molecule has 3 nitrogen and oxygen atoms in total. The minimum atomic E-state index is 1.03. The van der Waals surface area contributed by atoms with Crippen LogP contribution in [0.5, 0.6) is 0 Å². The van der Waals surface area contributed by atoms with E-state index >= 15 is 0 Å². The summed E-state index contributed by atoms with van der Waals surface area (Å²) in [5, 5.41) is 4.88. The van der Waals surface area contributed by atoms with Gasteiger partial charge in [0.1, 0.15) is 0 Å². The Hall–Kier alpha value is -1.58. The van der Waals surface area contributed by atoms with Crippen molar-refractivity contribution in [3.63, 3.8) is 0 Å². The normalized spacial score (nSPS) is 19.3. The number of nitrogens with one attached hydrogen (secondary N) is 1. The summed E-state index contributed by atoms with van der Waals surface area (Å²) in [5.74, 6) is 0. The number of likely N-dealkylation sites (N-methyl/N-ethyl adjacent to an activating group) is 1. The summed E-state index contributed by atoms with van der Waals surface area (Å²) in [7, 11) is 2.23. The summed E-state index contributed by atoms with van der Waals surface area (Å²) in [6, 6.07) is 6.95. The van der Waals surface area contributed by atoms with E-state index in [-0.39, 0.29) is 0 Å². The summed E-state index contributed by atoms with van der Waals surface area (Å²) >= 11 is 0. The van der Waals surface area contributed by atoms with Gasteiger partial charge in [0.15, 0.2) is 0 Å². The fourth-order valence-electron chi connectivity index (χ4n) is 3.90. The lowest BCUT2D eigenvalue weighted by Crippen LogP contribution is -2.28. The SMILES string of the molecule is Cc1ccc2c(c1)c1c(n2CC2=CCNCC2)CCN(C)C1. The van der Waals surface area contributed by atoms with Gasteiger partial charge in [-0.2, -0.15) is 0 Å². The van der Waals surface area contributed by atoms with E-state index in [1.54, 1.807) is 16.8 Å². The number of fused-ring (bicyclic) bond motifs is 3. The van der Waals surface area contributed by atoms with Crippen LogP contribution < -0.4 is 5.32 Å². The Labute approximate surface area is 132 Å². The Morgan fingerprint density at radius 1 is 1.23 bits per heavy atom. The molecule has 0 fully saturated rings. The Balaban J connectivity index is 1.84. The Kier molecular flexibility index (Phi) is 3.55. The van der Waals surface area contributed by atoms with Gasteiger partial charge >= 0.3 is 0 Å². The van der Waals surface area contributed by atoms with Crippen molar-refractivity contribution in [1.29, 1.82) is 0 Å². The van der Waals surface area contributed by atoms with E-state index in [0.29, 0.717) is 0 Å². The number of benzene rings is 1. The molecule has 0 amide bonds. The van der Waals surface area contributed by atoms with Gasteiger partial charge in [-0.05, 0) is 44.6 Å². The van der Waals surface area contributed by atoms with Gasteiger partial charge in [-0.1, -0.05) is 23.3 Å². The quantitative estimate of drug-likeness (QED) is 0.860. The zero-order chi connectivity index (χ0) is 15.1.